The molecule has 0 saturated carbocycles. The van der Waals surface area contributed by atoms with Gasteiger partial charge in [-0.3, -0.25) is 4.79 Å². The van der Waals surface area contributed by atoms with E-state index in [4.69, 9.17) is 19.3 Å². The molecule has 3 aromatic carbocycles. The molecule has 0 saturated heterocycles. The Labute approximate surface area is 178 Å². The summed E-state index contributed by atoms with van der Waals surface area (Å²) in [4.78, 5) is 12.5. The number of rotatable bonds is 6. The van der Waals surface area contributed by atoms with Gasteiger partial charge in [-0.05, 0) is 36.4 Å². The molecule has 4 rings (SSSR count). The van der Waals surface area contributed by atoms with Crippen LogP contribution < -0.4 is 14.8 Å². The Kier molecular flexibility index (Phi) is 5.63. The highest BCUT2D eigenvalue weighted by Crippen LogP contribution is 2.32. The number of hydrogen-bond acceptors (Lipinski definition) is 6. The molecule has 0 bridgehead atoms. The Morgan fingerprint density at radius 2 is 1.77 bits per heavy atom. The van der Waals surface area contributed by atoms with Gasteiger partial charge in [-0.25, -0.2) is 0 Å². The van der Waals surface area contributed by atoms with Crippen LogP contribution in [0.15, 0.2) is 83.4 Å². The zero-order valence-corrected chi connectivity index (χ0v) is 16.5. The second-order valence-electron chi connectivity index (χ2n) is 6.50. The van der Waals surface area contributed by atoms with Crippen molar-refractivity contribution in [1.29, 1.82) is 5.26 Å². The zero-order chi connectivity index (χ0) is 21.6. The molecule has 31 heavy (non-hydrogen) atoms. The molecule has 1 aromatic heterocycles. The highest BCUT2D eigenvalue weighted by Gasteiger charge is 2.14. The SMILES string of the molecule is COc1cc(C#N)ccc1Oc1ccc(NC(=O)c2cc(-c3ccccc3)no2)cc1. The van der Waals surface area contributed by atoms with Gasteiger partial charge in [0.15, 0.2) is 11.5 Å². The average molecular weight is 411 g/mol. The van der Waals surface area contributed by atoms with E-state index >= 15 is 0 Å². The summed E-state index contributed by atoms with van der Waals surface area (Å²) in [6.07, 6.45) is 0. The van der Waals surface area contributed by atoms with Gasteiger partial charge in [0.25, 0.3) is 5.91 Å². The number of ether oxygens (including phenoxy) is 2. The standard InChI is InChI=1S/C24H17N3O4/c1-29-22-13-16(15-25)7-12-21(22)30-19-10-8-18(9-11-19)26-24(28)23-14-20(27-31-23)17-5-3-2-4-6-17/h2-14H,1H3,(H,26,28). The number of methoxy groups -OCH3 is 1. The third-order valence-corrected chi connectivity index (χ3v) is 4.44. The topological polar surface area (TPSA) is 97.4 Å². The van der Waals surface area contributed by atoms with Gasteiger partial charge in [-0.15, -0.1) is 0 Å². The van der Waals surface area contributed by atoms with Crippen molar-refractivity contribution < 1.29 is 18.8 Å². The number of nitriles is 1. The maximum Gasteiger partial charge on any atom is 0.294 e. The highest BCUT2D eigenvalue weighted by atomic mass is 16.5. The smallest absolute Gasteiger partial charge is 0.294 e. The summed E-state index contributed by atoms with van der Waals surface area (Å²) >= 11 is 0. The lowest BCUT2D eigenvalue weighted by molar-refractivity contribution is 0.0988. The molecule has 152 valence electrons. The molecule has 7 heteroatoms. The number of carbonyl (C=O) groups is 1. The number of benzene rings is 3. The number of hydrogen-bond donors (Lipinski definition) is 1. The van der Waals surface area contributed by atoms with Crippen LogP contribution in [-0.2, 0) is 0 Å². The Morgan fingerprint density at radius 1 is 1.00 bits per heavy atom. The minimum Gasteiger partial charge on any atom is -0.493 e. The van der Waals surface area contributed by atoms with E-state index < -0.39 is 5.91 Å². The average Bonchev–Trinajstić information content (AvgIpc) is 3.32. The van der Waals surface area contributed by atoms with Crippen LogP contribution in [0.5, 0.6) is 17.2 Å². The number of anilines is 1. The molecule has 0 radical (unpaired) electrons. The molecule has 1 heterocycles. The lowest BCUT2D eigenvalue weighted by Crippen LogP contribution is -2.10. The van der Waals surface area contributed by atoms with E-state index in [0.717, 1.165) is 5.56 Å². The molecule has 0 spiro atoms. The van der Waals surface area contributed by atoms with E-state index in [9.17, 15) is 4.79 Å². The van der Waals surface area contributed by atoms with Gasteiger partial charge in [0.2, 0.25) is 5.76 Å². The fourth-order valence-electron chi connectivity index (χ4n) is 2.87. The highest BCUT2D eigenvalue weighted by molar-refractivity contribution is 6.02. The normalized spacial score (nSPS) is 10.2. The number of nitrogens with zero attached hydrogens (tertiary/aromatic N) is 2. The van der Waals surface area contributed by atoms with Crippen LogP contribution in [0.2, 0.25) is 0 Å². The van der Waals surface area contributed by atoms with Crippen molar-refractivity contribution >= 4 is 11.6 Å². The quantitative estimate of drug-likeness (QED) is 0.464. The molecule has 7 nitrogen and oxygen atoms in total. The van der Waals surface area contributed by atoms with Crippen molar-refractivity contribution in [3.8, 4) is 34.6 Å². The van der Waals surface area contributed by atoms with E-state index in [2.05, 4.69) is 16.5 Å². The van der Waals surface area contributed by atoms with Crippen molar-refractivity contribution in [2.45, 2.75) is 0 Å². The third kappa shape index (κ3) is 4.54. The molecular formula is C24H17N3O4. The van der Waals surface area contributed by atoms with Gasteiger partial charge in [0.05, 0.1) is 18.7 Å². The molecule has 0 fully saturated rings. The number of amides is 1. The molecule has 1 N–H and O–H groups in total. The van der Waals surface area contributed by atoms with Crippen molar-refractivity contribution in [3.05, 3.63) is 90.2 Å². The molecular weight excluding hydrogens is 394 g/mol. The predicted octanol–water partition coefficient (Wildman–Crippen LogP) is 5.27. The summed E-state index contributed by atoms with van der Waals surface area (Å²) in [7, 11) is 1.51. The van der Waals surface area contributed by atoms with Crippen LogP contribution in [0.25, 0.3) is 11.3 Å². The van der Waals surface area contributed by atoms with Gasteiger partial charge in [-0.2, -0.15) is 5.26 Å². The molecule has 1 amide bonds. The summed E-state index contributed by atoms with van der Waals surface area (Å²) < 4.78 is 16.3. The first-order valence-corrected chi connectivity index (χ1v) is 9.36. The first kappa shape index (κ1) is 19.7. The van der Waals surface area contributed by atoms with E-state index in [1.165, 1.54) is 7.11 Å². The largest absolute Gasteiger partial charge is 0.493 e. The second kappa shape index (κ2) is 8.84. The second-order valence-corrected chi connectivity index (χ2v) is 6.50. The molecule has 0 aliphatic carbocycles. The minimum absolute atomic E-state index is 0.112. The predicted molar refractivity (Wildman–Crippen MR) is 114 cm³/mol. The summed E-state index contributed by atoms with van der Waals surface area (Å²) in [5.41, 5.74) is 2.50. The first-order valence-electron chi connectivity index (χ1n) is 9.36. The number of nitrogens with one attached hydrogen (secondary N) is 1. The lowest BCUT2D eigenvalue weighted by Gasteiger charge is -2.11. The molecule has 4 aromatic rings. The molecule has 0 unspecified atom stereocenters. The van der Waals surface area contributed by atoms with Gasteiger partial charge >= 0.3 is 0 Å². The van der Waals surface area contributed by atoms with Crippen LogP contribution in [0.3, 0.4) is 0 Å². The van der Waals surface area contributed by atoms with E-state index in [0.29, 0.717) is 34.2 Å². The summed E-state index contributed by atoms with van der Waals surface area (Å²) in [6.45, 7) is 0. The van der Waals surface area contributed by atoms with Gasteiger partial charge in [0, 0.05) is 23.4 Å². The van der Waals surface area contributed by atoms with Gasteiger partial charge in [-0.1, -0.05) is 35.5 Å². The van der Waals surface area contributed by atoms with Gasteiger partial charge in [0.1, 0.15) is 11.4 Å². The summed E-state index contributed by atoms with van der Waals surface area (Å²) in [6, 6.07) is 24.9. The van der Waals surface area contributed by atoms with Crippen molar-refractivity contribution in [2.75, 3.05) is 12.4 Å². The maximum absolute atomic E-state index is 12.5. The van der Waals surface area contributed by atoms with E-state index in [1.54, 1.807) is 48.5 Å². The number of carbonyl (C=O) groups excluding carboxylic acids is 1. The Morgan fingerprint density at radius 3 is 2.48 bits per heavy atom. The van der Waals surface area contributed by atoms with Gasteiger partial charge < -0.3 is 19.3 Å². The summed E-state index contributed by atoms with van der Waals surface area (Å²) in [5.74, 6) is 1.19. The van der Waals surface area contributed by atoms with Crippen molar-refractivity contribution in [3.63, 3.8) is 0 Å². The van der Waals surface area contributed by atoms with Crippen LogP contribution in [0.4, 0.5) is 5.69 Å². The van der Waals surface area contributed by atoms with Crippen molar-refractivity contribution in [1.82, 2.24) is 5.16 Å². The van der Waals surface area contributed by atoms with Crippen LogP contribution in [0, 0.1) is 11.3 Å². The monoisotopic (exact) mass is 411 g/mol. The fraction of sp³-hybridized carbons (Fsp3) is 0.0417. The Balaban J connectivity index is 1.43. The molecule has 0 aliphatic rings. The van der Waals surface area contributed by atoms with Crippen LogP contribution in [-0.4, -0.2) is 18.2 Å². The zero-order valence-electron chi connectivity index (χ0n) is 16.5. The first-order chi connectivity index (χ1) is 15.2. The lowest BCUT2D eigenvalue weighted by atomic mass is 10.1. The van der Waals surface area contributed by atoms with Crippen molar-refractivity contribution in [2.24, 2.45) is 0 Å². The van der Waals surface area contributed by atoms with Crippen LogP contribution in [0.1, 0.15) is 16.1 Å². The molecule has 0 atom stereocenters. The number of aromatic nitrogens is 1. The third-order valence-electron chi connectivity index (χ3n) is 4.44. The van der Waals surface area contributed by atoms with E-state index in [1.807, 2.05) is 30.3 Å². The fourth-order valence-corrected chi connectivity index (χ4v) is 2.87. The maximum atomic E-state index is 12.5. The molecule has 0 aliphatic heterocycles. The Hall–Kier alpha value is -4.57. The minimum atomic E-state index is -0.405. The summed E-state index contributed by atoms with van der Waals surface area (Å²) in [5, 5.41) is 15.7. The van der Waals surface area contributed by atoms with Crippen LogP contribution >= 0.6 is 0 Å². The Bertz CT molecular complexity index is 1240. The van der Waals surface area contributed by atoms with E-state index in [-0.39, 0.29) is 5.76 Å².